The lowest BCUT2D eigenvalue weighted by atomic mass is 10.0. The van der Waals surface area contributed by atoms with Crippen molar-refractivity contribution in [2.45, 2.75) is 38.5 Å². The third-order valence-corrected chi connectivity index (χ3v) is 2.40. The van der Waals surface area contributed by atoms with E-state index in [1.807, 2.05) is 0 Å². The van der Waals surface area contributed by atoms with E-state index >= 15 is 0 Å². The summed E-state index contributed by atoms with van der Waals surface area (Å²) in [5.41, 5.74) is -0.0254. The Hall–Kier alpha value is -0.570. The fourth-order valence-electron chi connectivity index (χ4n) is 1.58. The summed E-state index contributed by atoms with van der Waals surface area (Å²) in [4.78, 5) is 12.4. The van der Waals surface area contributed by atoms with E-state index in [0.717, 1.165) is 19.3 Å². The zero-order chi connectivity index (χ0) is 8.48. The van der Waals surface area contributed by atoms with Crippen molar-refractivity contribution < 1.29 is 9.53 Å². The van der Waals surface area contributed by atoms with Gasteiger partial charge in [-0.15, -0.1) is 0 Å². The molecular formula is C8H15NO2. The molecule has 64 valence electrons. The first-order valence-electron chi connectivity index (χ1n) is 3.88. The molecule has 3 nitrogen and oxygen atoms in total. The second kappa shape index (κ2) is 2.81. The summed E-state index contributed by atoms with van der Waals surface area (Å²) in [6.07, 6.45) is 2.83. The number of carbonyl (C=O) groups excluding carboxylic acids is 1. The Morgan fingerprint density at radius 2 is 2.27 bits per heavy atom. The lowest BCUT2D eigenvalue weighted by Gasteiger charge is -2.31. The lowest BCUT2D eigenvalue weighted by Crippen LogP contribution is -2.42. The van der Waals surface area contributed by atoms with Crippen molar-refractivity contribution in [3.05, 3.63) is 0 Å². The first kappa shape index (κ1) is 8.53. The fraction of sp³-hybridized carbons (Fsp3) is 0.875. The van der Waals surface area contributed by atoms with E-state index in [1.54, 1.807) is 12.0 Å². The molecule has 1 amide bonds. The number of likely N-dealkylation sites (tertiary alicyclic amines) is 1. The molecule has 0 N–H and O–H groups in total. The van der Waals surface area contributed by atoms with Crippen LogP contribution in [-0.2, 0) is 9.53 Å². The second-order valence-electron chi connectivity index (χ2n) is 3.55. The van der Waals surface area contributed by atoms with Crippen molar-refractivity contribution in [2.75, 3.05) is 7.11 Å². The summed E-state index contributed by atoms with van der Waals surface area (Å²) in [5.74, 6) is 0. The van der Waals surface area contributed by atoms with E-state index in [1.165, 1.54) is 0 Å². The summed E-state index contributed by atoms with van der Waals surface area (Å²) in [7, 11) is 1.64. The van der Waals surface area contributed by atoms with E-state index in [-0.39, 0.29) is 11.8 Å². The predicted octanol–water partition coefficient (Wildman–Crippen LogP) is 0.990. The topological polar surface area (TPSA) is 29.5 Å². The van der Waals surface area contributed by atoms with Crippen molar-refractivity contribution in [2.24, 2.45) is 0 Å². The average Bonchev–Trinajstić information content (AvgIpc) is 2.24. The molecule has 1 saturated heterocycles. The molecule has 1 fully saturated rings. The van der Waals surface area contributed by atoms with Gasteiger partial charge in [-0.1, -0.05) is 0 Å². The van der Waals surface area contributed by atoms with Gasteiger partial charge >= 0.3 is 0 Å². The second-order valence-corrected chi connectivity index (χ2v) is 3.55. The first-order chi connectivity index (χ1) is 5.11. The van der Waals surface area contributed by atoms with Crippen LogP contribution in [-0.4, -0.2) is 30.2 Å². The molecule has 0 aliphatic carbocycles. The Kier molecular flexibility index (Phi) is 2.18. The maximum Gasteiger partial charge on any atom is 0.212 e. The van der Waals surface area contributed by atoms with Crippen LogP contribution in [0.2, 0.25) is 0 Å². The van der Waals surface area contributed by atoms with Gasteiger partial charge in [-0.2, -0.15) is 0 Å². The molecule has 1 rings (SSSR count). The van der Waals surface area contributed by atoms with Gasteiger partial charge in [0, 0.05) is 12.6 Å². The molecule has 0 bridgehead atoms. The van der Waals surface area contributed by atoms with E-state index in [4.69, 9.17) is 4.74 Å². The van der Waals surface area contributed by atoms with Crippen molar-refractivity contribution in [3.63, 3.8) is 0 Å². The number of nitrogens with zero attached hydrogens (tertiary/aromatic N) is 1. The van der Waals surface area contributed by atoms with Gasteiger partial charge in [0.15, 0.2) is 0 Å². The minimum atomic E-state index is -0.0254. The molecule has 0 spiro atoms. The quantitative estimate of drug-likeness (QED) is 0.559. The number of rotatable bonds is 2. The molecule has 11 heavy (non-hydrogen) atoms. The van der Waals surface area contributed by atoms with E-state index < -0.39 is 0 Å². The van der Waals surface area contributed by atoms with Gasteiger partial charge in [0.1, 0.15) is 6.23 Å². The van der Waals surface area contributed by atoms with Crippen LogP contribution in [0.25, 0.3) is 0 Å². The van der Waals surface area contributed by atoms with Crippen molar-refractivity contribution in [1.29, 1.82) is 0 Å². The number of hydrogen-bond acceptors (Lipinski definition) is 2. The van der Waals surface area contributed by atoms with Gasteiger partial charge in [-0.3, -0.25) is 4.79 Å². The summed E-state index contributed by atoms with van der Waals surface area (Å²) in [5, 5.41) is 0. The molecule has 0 radical (unpaired) electrons. The maximum atomic E-state index is 10.6. The van der Waals surface area contributed by atoms with Crippen LogP contribution in [0.15, 0.2) is 0 Å². The average molecular weight is 157 g/mol. The highest BCUT2D eigenvalue weighted by Crippen LogP contribution is 2.31. The predicted molar refractivity (Wildman–Crippen MR) is 42.0 cm³/mol. The van der Waals surface area contributed by atoms with E-state index in [9.17, 15) is 4.79 Å². The van der Waals surface area contributed by atoms with Crippen LogP contribution in [0.5, 0.6) is 0 Å². The Morgan fingerprint density at radius 1 is 1.64 bits per heavy atom. The minimum absolute atomic E-state index is 0.0116. The van der Waals surface area contributed by atoms with Gasteiger partial charge in [0.25, 0.3) is 0 Å². The zero-order valence-corrected chi connectivity index (χ0v) is 7.33. The van der Waals surface area contributed by atoms with E-state index in [2.05, 4.69) is 13.8 Å². The summed E-state index contributed by atoms with van der Waals surface area (Å²) in [6.45, 7) is 4.11. The molecule has 0 aromatic carbocycles. The maximum absolute atomic E-state index is 10.6. The van der Waals surface area contributed by atoms with Crippen molar-refractivity contribution in [1.82, 2.24) is 4.90 Å². The highest BCUT2D eigenvalue weighted by atomic mass is 16.5. The Morgan fingerprint density at radius 3 is 2.64 bits per heavy atom. The SMILES string of the molecule is COC1CCC(C)(C)N1C=O. The van der Waals surface area contributed by atoms with Gasteiger partial charge in [0.2, 0.25) is 6.41 Å². The summed E-state index contributed by atoms with van der Waals surface area (Å²) >= 11 is 0. The number of ether oxygens (including phenoxy) is 1. The van der Waals surface area contributed by atoms with Crippen LogP contribution in [0, 0.1) is 0 Å². The van der Waals surface area contributed by atoms with Crippen LogP contribution in [0.3, 0.4) is 0 Å². The Balaban J connectivity index is 2.70. The molecule has 1 aliphatic rings. The number of hydrogen-bond donors (Lipinski definition) is 0. The number of methoxy groups -OCH3 is 1. The monoisotopic (exact) mass is 157 g/mol. The van der Waals surface area contributed by atoms with Crippen molar-refractivity contribution >= 4 is 6.41 Å². The van der Waals surface area contributed by atoms with Gasteiger partial charge in [-0.25, -0.2) is 0 Å². The lowest BCUT2D eigenvalue weighted by molar-refractivity contribution is -0.132. The third kappa shape index (κ3) is 1.38. The molecule has 1 unspecified atom stereocenters. The Bertz CT molecular complexity index is 156. The van der Waals surface area contributed by atoms with Crippen LogP contribution in [0.4, 0.5) is 0 Å². The minimum Gasteiger partial charge on any atom is -0.362 e. The van der Waals surface area contributed by atoms with E-state index in [0.29, 0.717) is 0 Å². The number of carbonyl (C=O) groups is 1. The molecule has 3 heteroatoms. The highest BCUT2D eigenvalue weighted by Gasteiger charge is 2.38. The first-order valence-corrected chi connectivity index (χ1v) is 3.88. The summed E-state index contributed by atoms with van der Waals surface area (Å²) < 4.78 is 5.14. The largest absolute Gasteiger partial charge is 0.362 e. The van der Waals surface area contributed by atoms with Crippen LogP contribution >= 0.6 is 0 Å². The Labute approximate surface area is 67.3 Å². The molecule has 0 saturated carbocycles. The van der Waals surface area contributed by atoms with Crippen LogP contribution in [0.1, 0.15) is 26.7 Å². The third-order valence-electron chi connectivity index (χ3n) is 2.40. The van der Waals surface area contributed by atoms with Crippen molar-refractivity contribution in [3.8, 4) is 0 Å². The summed E-state index contributed by atoms with van der Waals surface area (Å²) in [6, 6.07) is 0. The molecule has 1 atom stereocenters. The fourth-order valence-corrected chi connectivity index (χ4v) is 1.58. The molecule has 1 aliphatic heterocycles. The van der Waals surface area contributed by atoms with Gasteiger partial charge < -0.3 is 9.64 Å². The molecular weight excluding hydrogens is 142 g/mol. The van der Waals surface area contributed by atoms with Gasteiger partial charge in [0.05, 0.1) is 0 Å². The number of amides is 1. The normalized spacial score (nSPS) is 29.0. The highest BCUT2D eigenvalue weighted by molar-refractivity contribution is 5.50. The zero-order valence-electron chi connectivity index (χ0n) is 7.33. The molecule has 0 aromatic rings. The van der Waals surface area contributed by atoms with Crippen LogP contribution < -0.4 is 0 Å². The molecule has 0 aromatic heterocycles. The smallest absolute Gasteiger partial charge is 0.212 e. The standard InChI is InChI=1S/C8H15NO2/c1-8(2)5-4-7(11-3)9(8)6-10/h6-7H,4-5H2,1-3H3. The molecule has 1 heterocycles. The van der Waals surface area contributed by atoms with Gasteiger partial charge in [-0.05, 0) is 26.7 Å².